The molecule has 4 heteroatoms. The van der Waals surface area contributed by atoms with E-state index in [2.05, 4.69) is 54.3 Å². The highest BCUT2D eigenvalue weighted by Gasteiger charge is 2.16. The summed E-state index contributed by atoms with van der Waals surface area (Å²) in [7, 11) is 1.89. The van der Waals surface area contributed by atoms with Gasteiger partial charge in [-0.15, -0.1) is 0 Å². The molecule has 1 aromatic rings. The molecule has 1 aromatic carbocycles. The summed E-state index contributed by atoms with van der Waals surface area (Å²) in [6.07, 6.45) is 0. The second-order valence-electron chi connectivity index (χ2n) is 3.97. The molecule has 82 valence electrons. The van der Waals surface area contributed by atoms with E-state index in [4.69, 9.17) is 0 Å². The Hall–Kier alpha value is -1.38. The van der Waals surface area contributed by atoms with Gasteiger partial charge in [0.15, 0.2) is 0 Å². The second-order valence-corrected chi connectivity index (χ2v) is 5.01. The van der Waals surface area contributed by atoms with Gasteiger partial charge in [0.2, 0.25) is 0 Å². The van der Waals surface area contributed by atoms with Crippen LogP contribution in [0.25, 0.3) is 0 Å². The molecular formula is C12H14N3S+. The standard InChI is InChI=1S/C12H14N3S/c1-9(2)10-4-6-11(7-5-10)16-12-14-13-8-15(12)3/h4-7,9H,1-3H3/q+1. The molecule has 3 nitrogen and oxygen atoms in total. The van der Waals surface area contributed by atoms with E-state index in [0.717, 1.165) is 5.17 Å². The molecule has 0 N–H and O–H groups in total. The van der Waals surface area contributed by atoms with E-state index in [1.165, 1.54) is 10.5 Å². The van der Waals surface area contributed by atoms with Crippen LogP contribution in [-0.4, -0.2) is 22.8 Å². The Morgan fingerprint density at radius 3 is 2.44 bits per heavy atom. The zero-order chi connectivity index (χ0) is 11.5. The van der Waals surface area contributed by atoms with Crippen LogP contribution in [0.3, 0.4) is 0 Å². The third-order valence-corrected chi connectivity index (χ3v) is 3.42. The Bertz CT molecular complexity index is 479. The summed E-state index contributed by atoms with van der Waals surface area (Å²) in [6, 6.07) is 11.3. The molecular weight excluding hydrogens is 218 g/mol. The number of hydrogen-bond acceptors (Lipinski definition) is 3. The van der Waals surface area contributed by atoms with Gasteiger partial charge in [0, 0.05) is 4.90 Å². The van der Waals surface area contributed by atoms with Crippen molar-refractivity contribution >= 4 is 22.9 Å². The van der Waals surface area contributed by atoms with Gasteiger partial charge in [-0.2, -0.15) is 4.58 Å². The molecule has 0 aromatic heterocycles. The molecule has 0 saturated carbocycles. The SMILES string of the molecule is CC(C)c1ccc(SC2=NN=C=[N+]2C)cc1. The lowest BCUT2D eigenvalue weighted by Gasteiger charge is -2.05. The van der Waals surface area contributed by atoms with Gasteiger partial charge in [-0.3, -0.25) is 0 Å². The molecule has 0 amide bonds. The monoisotopic (exact) mass is 232 g/mol. The van der Waals surface area contributed by atoms with Gasteiger partial charge >= 0.3 is 5.17 Å². The summed E-state index contributed by atoms with van der Waals surface area (Å²) in [5.74, 6) is 0.571. The van der Waals surface area contributed by atoms with Crippen LogP contribution in [0.15, 0.2) is 39.4 Å². The van der Waals surface area contributed by atoms with Gasteiger partial charge in [-0.1, -0.05) is 26.0 Å². The minimum Gasteiger partial charge on any atom is -0.181 e. The van der Waals surface area contributed by atoms with Gasteiger partial charge < -0.3 is 0 Å². The third-order valence-electron chi connectivity index (χ3n) is 2.37. The third kappa shape index (κ3) is 2.40. The van der Waals surface area contributed by atoms with Crippen LogP contribution in [0.2, 0.25) is 0 Å². The lowest BCUT2D eigenvalue weighted by Crippen LogP contribution is -2.07. The van der Waals surface area contributed by atoms with Crippen LogP contribution >= 0.6 is 11.8 Å². The number of benzene rings is 1. The van der Waals surface area contributed by atoms with Crippen molar-refractivity contribution in [3.63, 3.8) is 0 Å². The maximum absolute atomic E-state index is 3.99. The Labute approximate surface area is 99.6 Å². The molecule has 16 heavy (non-hydrogen) atoms. The van der Waals surface area contributed by atoms with Crippen LogP contribution < -0.4 is 0 Å². The van der Waals surface area contributed by atoms with Crippen molar-refractivity contribution < 1.29 is 4.58 Å². The van der Waals surface area contributed by atoms with E-state index in [9.17, 15) is 0 Å². The average Bonchev–Trinajstić information content (AvgIpc) is 2.65. The van der Waals surface area contributed by atoms with Crippen molar-refractivity contribution in [2.75, 3.05) is 7.05 Å². The van der Waals surface area contributed by atoms with E-state index in [1.807, 2.05) is 7.05 Å². The van der Waals surface area contributed by atoms with E-state index >= 15 is 0 Å². The zero-order valence-electron chi connectivity index (χ0n) is 9.64. The van der Waals surface area contributed by atoms with Crippen molar-refractivity contribution in [1.82, 2.24) is 0 Å². The molecule has 1 aliphatic heterocycles. The summed E-state index contributed by atoms with van der Waals surface area (Å²) in [5.41, 5.74) is 1.36. The number of amidine groups is 1. The van der Waals surface area contributed by atoms with E-state index in [0.29, 0.717) is 5.92 Å². The van der Waals surface area contributed by atoms with E-state index in [-0.39, 0.29) is 0 Å². The quantitative estimate of drug-likeness (QED) is 0.720. The second kappa shape index (κ2) is 4.64. The molecule has 0 bridgehead atoms. The smallest absolute Gasteiger partial charge is 0.181 e. The summed E-state index contributed by atoms with van der Waals surface area (Å²) in [6.45, 7) is 4.39. The van der Waals surface area contributed by atoms with Gasteiger partial charge in [-0.25, -0.2) is 0 Å². The highest BCUT2D eigenvalue weighted by Crippen LogP contribution is 2.23. The number of nitrogens with zero attached hydrogens (tertiary/aromatic N) is 3. The predicted octanol–water partition coefficient (Wildman–Crippen LogP) is 3.00. The Balaban J connectivity index is 2.09. The molecule has 0 unspecified atom stereocenters. The highest BCUT2D eigenvalue weighted by molar-refractivity contribution is 8.13. The maximum atomic E-state index is 3.99. The van der Waals surface area contributed by atoms with Gasteiger partial charge in [-0.05, 0) is 35.4 Å². The lowest BCUT2D eigenvalue weighted by molar-refractivity contribution is -0.353. The first kappa shape index (κ1) is 11.1. The highest BCUT2D eigenvalue weighted by atomic mass is 32.2. The Morgan fingerprint density at radius 2 is 1.94 bits per heavy atom. The summed E-state index contributed by atoms with van der Waals surface area (Å²) in [5, 5.41) is 8.58. The molecule has 0 aliphatic carbocycles. The fourth-order valence-electron chi connectivity index (χ4n) is 1.36. The summed E-state index contributed by atoms with van der Waals surface area (Å²) >= 11 is 1.60. The lowest BCUT2D eigenvalue weighted by atomic mass is 10.0. The maximum Gasteiger partial charge on any atom is 0.353 e. The van der Waals surface area contributed by atoms with Gasteiger partial charge in [0.25, 0.3) is 6.01 Å². The van der Waals surface area contributed by atoms with E-state index in [1.54, 1.807) is 16.3 Å². The first-order chi connectivity index (χ1) is 7.66. The average molecular weight is 232 g/mol. The van der Waals surface area contributed by atoms with Crippen LogP contribution in [0, 0.1) is 0 Å². The normalized spacial score (nSPS) is 14.2. The molecule has 0 spiro atoms. The summed E-state index contributed by atoms with van der Waals surface area (Å²) in [4.78, 5) is 1.17. The molecule has 1 aliphatic rings. The Morgan fingerprint density at radius 1 is 1.25 bits per heavy atom. The first-order valence-electron chi connectivity index (χ1n) is 5.21. The van der Waals surface area contributed by atoms with Crippen LogP contribution in [0.5, 0.6) is 0 Å². The number of hydrogen-bond donors (Lipinski definition) is 0. The van der Waals surface area contributed by atoms with Crippen molar-refractivity contribution in [3.8, 4) is 0 Å². The van der Waals surface area contributed by atoms with Gasteiger partial charge in [0.1, 0.15) is 10.2 Å². The zero-order valence-corrected chi connectivity index (χ0v) is 10.5. The van der Waals surface area contributed by atoms with Crippen LogP contribution in [0.4, 0.5) is 0 Å². The largest absolute Gasteiger partial charge is 0.353 e. The first-order valence-corrected chi connectivity index (χ1v) is 6.03. The van der Waals surface area contributed by atoms with Crippen molar-refractivity contribution in [2.45, 2.75) is 24.7 Å². The fraction of sp³-hybridized carbons (Fsp3) is 0.333. The molecule has 0 radical (unpaired) electrons. The van der Waals surface area contributed by atoms with E-state index < -0.39 is 0 Å². The molecule has 1 heterocycles. The van der Waals surface area contributed by atoms with Crippen molar-refractivity contribution in [2.24, 2.45) is 10.2 Å². The summed E-state index contributed by atoms with van der Waals surface area (Å²) < 4.78 is 1.79. The molecule has 0 atom stereocenters. The number of rotatable bonds is 2. The minimum atomic E-state index is 0.571. The van der Waals surface area contributed by atoms with Crippen LogP contribution in [-0.2, 0) is 0 Å². The van der Waals surface area contributed by atoms with Crippen molar-refractivity contribution in [1.29, 1.82) is 0 Å². The number of thioether (sulfide) groups is 1. The van der Waals surface area contributed by atoms with Gasteiger partial charge in [0.05, 0.1) is 7.05 Å². The van der Waals surface area contributed by atoms with Crippen LogP contribution in [0.1, 0.15) is 25.3 Å². The molecule has 0 fully saturated rings. The topological polar surface area (TPSA) is 27.7 Å². The molecule has 2 rings (SSSR count). The fourth-order valence-corrected chi connectivity index (χ4v) is 2.10. The minimum absolute atomic E-state index is 0.571. The predicted molar refractivity (Wildman–Crippen MR) is 67.4 cm³/mol. The Kier molecular flexibility index (Phi) is 3.22. The van der Waals surface area contributed by atoms with Crippen molar-refractivity contribution in [3.05, 3.63) is 29.8 Å². The molecule has 0 saturated heterocycles.